The summed E-state index contributed by atoms with van der Waals surface area (Å²) in [5.41, 5.74) is 0.549. The van der Waals surface area contributed by atoms with E-state index in [-0.39, 0.29) is 6.10 Å². The molecule has 2 atom stereocenters. The number of methoxy groups -OCH3 is 1. The van der Waals surface area contributed by atoms with E-state index in [2.05, 4.69) is 19.0 Å². The molecule has 2 unspecified atom stereocenters. The summed E-state index contributed by atoms with van der Waals surface area (Å²) in [7, 11) is 5.76. The monoisotopic (exact) mass is 277 g/mol. The maximum Gasteiger partial charge on any atom is 0.172 e. The van der Waals surface area contributed by atoms with Gasteiger partial charge in [-0.2, -0.15) is 0 Å². The molecule has 20 heavy (non-hydrogen) atoms. The predicted molar refractivity (Wildman–Crippen MR) is 78.7 cm³/mol. The Morgan fingerprint density at radius 3 is 2.65 bits per heavy atom. The van der Waals surface area contributed by atoms with Gasteiger partial charge in [0, 0.05) is 6.04 Å². The van der Waals surface area contributed by atoms with Crippen molar-refractivity contribution in [2.24, 2.45) is 0 Å². The number of benzene rings is 1. The Balaban J connectivity index is 2.25. The molecule has 1 aromatic carbocycles. The van der Waals surface area contributed by atoms with Crippen LogP contribution >= 0.6 is 0 Å². The van der Waals surface area contributed by atoms with Crippen LogP contribution in [0.4, 0.5) is 0 Å². The third kappa shape index (κ3) is 3.12. The van der Waals surface area contributed by atoms with Gasteiger partial charge in [-0.25, -0.2) is 0 Å². The lowest BCUT2D eigenvalue weighted by Gasteiger charge is -2.36. The molecule has 0 spiro atoms. The van der Waals surface area contributed by atoms with Crippen LogP contribution in [0.2, 0.25) is 0 Å². The minimum atomic E-state index is 0.105. The topological polar surface area (TPSA) is 38.8 Å². The van der Waals surface area contributed by atoms with E-state index in [1.165, 1.54) is 12.8 Å². The maximum absolute atomic E-state index is 11.2. The summed E-state index contributed by atoms with van der Waals surface area (Å²) < 4.78 is 11.5. The molecule has 4 heteroatoms. The Labute approximate surface area is 120 Å². The SMILES string of the molecule is COc1cccc(C=O)c1OC1CCCCC1N(C)C. The fraction of sp³-hybridized carbons (Fsp3) is 0.562. The molecule has 1 aliphatic rings. The second-order valence-corrected chi connectivity index (χ2v) is 5.47. The van der Waals surface area contributed by atoms with E-state index in [0.717, 1.165) is 19.1 Å². The fourth-order valence-electron chi connectivity index (χ4n) is 2.87. The molecule has 1 aliphatic carbocycles. The molecular weight excluding hydrogens is 254 g/mol. The zero-order valence-corrected chi connectivity index (χ0v) is 12.5. The van der Waals surface area contributed by atoms with E-state index in [9.17, 15) is 4.79 Å². The molecule has 4 nitrogen and oxygen atoms in total. The number of hydrogen-bond donors (Lipinski definition) is 0. The normalized spacial score (nSPS) is 22.6. The molecule has 1 saturated carbocycles. The molecule has 0 amide bonds. The molecule has 1 aromatic rings. The first-order valence-corrected chi connectivity index (χ1v) is 7.12. The lowest BCUT2D eigenvalue weighted by atomic mass is 9.91. The molecular formula is C16H23NO3. The molecule has 0 radical (unpaired) electrons. The Morgan fingerprint density at radius 2 is 2.00 bits per heavy atom. The van der Waals surface area contributed by atoms with E-state index < -0.39 is 0 Å². The number of aldehydes is 1. The highest BCUT2D eigenvalue weighted by Gasteiger charge is 2.29. The molecule has 0 N–H and O–H groups in total. The third-order valence-electron chi connectivity index (χ3n) is 3.96. The van der Waals surface area contributed by atoms with Gasteiger partial charge in [0.05, 0.1) is 12.7 Å². The van der Waals surface area contributed by atoms with Gasteiger partial charge in [-0.1, -0.05) is 12.5 Å². The van der Waals surface area contributed by atoms with Crippen LogP contribution in [0.1, 0.15) is 36.0 Å². The van der Waals surface area contributed by atoms with Crippen molar-refractivity contribution in [3.05, 3.63) is 23.8 Å². The Kier molecular flexibility index (Phi) is 5.01. The van der Waals surface area contributed by atoms with E-state index in [1.54, 1.807) is 19.2 Å². The summed E-state index contributed by atoms with van der Waals surface area (Å²) in [6.07, 6.45) is 5.47. The van der Waals surface area contributed by atoms with Crippen molar-refractivity contribution in [2.45, 2.75) is 37.8 Å². The third-order valence-corrected chi connectivity index (χ3v) is 3.96. The van der Waals surface area contributed by atoms with Crippen molar-refractivity contribution in [1.82, 2.24) is 4.90 Å². The van der Waals surface area contributed by atoms with Crippen LogP contribution in [0.5, 0.6) is 11.5 Å². The van der Waals surface area contributed by atoms with Gasteiger partial charge in [-0.15, -0.1) is 0 Å². The Morgan fingerprint density at radius 1 is 1.25 bits per heavy atom. The van der Waals surface area contributed by atoms with Gasteiger partial charge < -0.3 is 14.4 Å². The highest BCUT2D eigenvalue weighted by atomic mass is 16.5. The summed E-state index contributed by atoms with van der Waals surface area (Å²) in [6, 6.07) is 5.78. The number of rotatable bonds is 5. The minimum Gasteiger partial charge on any atom is -0.493 e. The average Bonchev–Trinajstić information content (AvgIpc) is 2.47. The van der Waals surface area contributed by atoms with Gasteiger partial charge in [0.1, 0.15) is 6.10 Å². The molecule has 0 heterocycles. The van der Waals surface area contributed by atoms with Crippen molar-refractivity contribution < 1.29 is 14.3 Å². The van der Waals surface area contributed by atoms with Gasteiger partial charge >= 0.3 is 0 Å². The van der Waals surface area contributed by atoms with E-state index in [4.69, 9.17) is 9.47 Å². The molecule has 1 fully saturated rings. The number of carbonyl (C=O) groups is 1. The van der Waals surface area contributed by atoms with Crippen molar-refractivity contribution >= 4 is 6.29 Å². The highest BCUT2D eigenvalue weighted by molar-refractivity contribution is 5.81. The zero-order chi connectivity index (χ0) is 14.5. The van der Waals surface area contributed by atoms with E-state index in [1.807, 2.05) is 6.07 Å². The average molecular weight is 277 g/mol. The first-order chi connectivity index (χ1) is 9.67. The van der Waals surface area contributed by atoms with Crippen LogP contribution in [0.3, 0.4) is 0 Å². The quantitative estimate of drug-likeness (QED) is 0.776. The number of carbonyl (C=O) groups excluding carboxylic acids is 1. The number of hydrogen-bond acceptors (Lipinski definition) is 4. The first kappa shape index (κ1) is 14.9. The van der Waals surface area contributed by atoms with Crippen molar-refractivity contribution in [1.29, 1.82) is 0 Å². The smallest absolute Gasteiger partial charge is 0.172 e. The maximum atomic E-state index is 11.2. The number of para-hydroxylation sites is 1. The van der Waals surface area contributed by atoms with Crippen LogP contribution in [0.15, 0.2) is 18.2 Å². The summed E-state index contributed by atoms with van der Waals surface area (Å²) in [5.74, 6) is 1.20. The van der Waals surface area contributed by atoms with Crippen LogP contribution in [-0.4, -0.2) is 44.5 Å². The molecule has 0 aromatic heterocycles. The Bertz CT molecular complexity index is 459. The molecule has 0 saturated heterocycles. The van der Waals surface area contributed by atoms with E-state index >= 15 is 0 Å². The molecule has 0 aliphatic heterocycles. The lowest BCUT2D eigenvalue weighted by molar-refractivity contribution is 0.0594. The molecule has 0 bridgehead atoms. The Hall–Kier alpha value is -1.55. The minimum absolute atomic E-state index is 0.105. The largest absolute Gasteiger partial charge is 0.493 e. The van der Waals surface area contributed by atoms with Gasteiger partial charge in [0.2, 0.25) is 0 Å². The standard InChI is InChI=1S/C16H23NO3/c1-17(2)13-8-4-5-9-14(13)20-16-12(11-18)7-6-10-15(16)19-3/h6-7,10-11,13-14H,4-5,8-9H2,1-3H3. The number of ether oxygens (including phenoxy) is 2. The summed E-state index contributed by atoms with van der Waals surface area (Å²) >= 11 is 0. The van der Waals surface area contributed by atoms with Crippen molar-refractivity contribution in [3.63, 3.8) is 0 Å². The zero-order valence-electron chi connectivity index (χ0n) is 12.5. The predicted octanol–water partition coefficient (Wildman–Crippen LogP) is 2.76. The van der Waals surface area contributed by atoms with Crippen LogP contribution in [-0.2, 0) is 0 Å². The lowest BCUT2D eigenvalue weighted by Crippen LogP contribution is -2.44. The molecule has 110 valence electrons. The first-order valence-electron chi connectivity index (χ1n) is 7.12. The molecule has 2 rings (SSSR count). The van der Waals surface area contributed by atoms with Crippen molar-refractivity contribution in [2.75, 3.05) is 21.2 Å². The highest BCUT2D eigenvalue weighted by Crippen LogP contribution is 2.34. The summed E-state index contributed by atoms with van der Waals surface area (Å²) in [4.78, 5) is 13.4. The van der Waals surface area contributed by atoms with Gasteiger partial charge in [-0.05, 0) is 45.5 Å². The van der Waals surface area contributed by atoms with Gasteiger partial charge in [-0.3, -0.25) is 4.79 Å². The van der Waals surface area contributed by atoms with Crippen molar-refractivity contribution in [3.8, 4) is 11.5 Å². The van der Waals surface area contributed by atoms with Gasteiger partial charge in [0.25, 0.3) is 0 Å². The second-order valence-electron chi connectivity index (χ2n) is 5.47. The number of nitrogens with zero attached hydrogens (tertiary/aromatic N) is 1. The van der Waals surface area contributed by atoms with Crippen LogP contribution in [0, 0.1) is 0 Å². The van der Waals surface area contributed by atoms with Crippen LogP contribution < -0.4 is 9.47 Å². The summed E-state index contributed by atoms with van der Waals surface area (Å²) in [6.45, 7) is 0. The van der Waals surface area contributed by atoms with Gasteiger partial charge in [0.15, 0.2) is 17.8 Å². The summed E-state index contributed by atoms with van der Waals surface area (Å²) in [5, 5.41) is 0. The van der Waals surface area contributed by atoms with E-state index in [0.29, 0.717) is 23.1 Å². The second kappa shape index (κ2) is 6.75. The number of likely N-dealkylation sites (N-methyl/N-ethyl adjacent to an activating group) is 1. The fourth-order valence-corrected chi connectivity index (χ4v) is 2.87. The van der Waals surface area contributed by atoms with Crippen LogP contribution in [0.25, 0.3) is 0 Å².